The molecule has 140 valence electrons. The van der Waals surface area contributed by atoms with Crippen molar-refractivity contribution in [3.63, 3.8) is 0 Å². The maximum atomic E-state index is 12.6. The van der Waals surface area contributed by atoms with Crippen LogP contribution < -0.4 is 5.32 Å². The Hall–Kier alpha value is -1.87. The van der Waals surface area contributed by atoms with Gasteiger partial charge in [0, 0.05) is 18.0 Å². The molecule has 1 atom stereocenters. The number of aromatic nitrogens is 2. The SMILES string of the molecule is O=C1C(Nc2nnc(Cc3ccc(Cl)cc3)s2)CCCN1CC(F)(F)F. The summed E-state index contributed by atoms with van der Waals surface area (Å²) in [7, 11) is 0. The lowest BCUT2D eigenvalue weighted by molar-refractivity contribution is -0.163. The fourth-order valence-electron chi connectivity index (χ4n) is 2.76. The number of piperidine rings is 1. The van der Waals surface area contributed by atoms with Gasteiger partial charge in [0.1, 0.15) is 17.6 Å². The lowest BCUT2D eigenvalue weighted by Gasteiger charge is -2.32. The molecule has 0 radical (unpaired) electrons. The van der Waals surface area contributed by atoms with Gasteiger partial charge >= 0.3 is 6.18 Å². The van der Waals surface area contributed by atoms with Crippen molar-refractivity contribution in [3.8, 4) is 0 Å². The van der Waals surface area contributed by atoms with Crippen molar-refractivity contribution >= 4 is 34.0 Å². The summed E-state index contributed by atoms with van der Waals surface area (Å²) >= 11 is 7.13. The standard InChI is InChI=1S/C16H16ClF3N4OS/c17-11-5-3-10(4-6-11)8-13-22-23-15(26-13)21-12-2-1-7-24(14(12)25)9-16(18,19)20/h3-6,12H,1-2,7-9H2,(H,21,23). The molecule has 1 N–H and O–H groups in total. The van der Waals surface area contributed by atoms with Crippen molar-refractivity contribution < 1.29 is 18.0 Å². The molecule has 1 unspecified atom stereocenters. The van der Waals surface area contributed by atoms with Gasteiger partial charge in [-0.25, -0.2) is 0 Å². The number of carbonyl (C=O) groups excluding carboxylic acids is 1. The van der Waals surface area contributed by atoms with Crippen LogP contribution in [0.3, 0.4) is 0 Å². The fourth-order valence-corrected chi connectivity index (χ4v) is 3.71. The van der Waals surface area contributed by atoms with Crippen LogP contribution in [-0.2, 0) is 11.2 Å². The second-order valence-electron chi connectivity index (χ2n) is 6.02. The molecule has 0 spiro atoms. The highest BCUT2D eigenvalue weighted by atomic mass is 35.5. The third kappa shape index (κ3) is 5.07. The smallest absolute Gasteiger partial charge is 0.348 e. The highest BCUT2D eigenvalue weighted by molar-refractivity contribution is 7.15. The minimum Gasteiger partial charge on any atom is -0.348 e. The Balaban J connectivity index is 1.61. The van der Waals surface area contributed by atoms with E-state index in [1.165, 1.54) is 11.3 Å². The van der Waals surface area contributed by atoms with E-state index in [1.807, 2.05) is 12.1 Å². The summed E-state index contributed by atoms with van der Waals surface area (Å²) in [6, 6.07) is 6.63. The van der Waals surface area contributed by atoms with Crippen molar-refractivity contribution in [1.29, 1.82) is 0 Å². The highest BCUT2D eigenvalue weighted by Gasteiger charge is 2.37. The van der Waals surface area contributed by atoms with Crippen LogP contribution in [0.4, 0.5) is 18.3 Å². The summed E-state index contributed by atoms with van der Waals surface area (Å²) in [5, 5.41) is 12.8. The largest absolute Gasteiger partial charge is 0.406 e. The minimum atomic E-state index is -4.40. The first-order valence-corrected chi connectivity index (χ1v) is 9.18. The van der Waals surface area contributed by atoms with Crippen LogP contribution >= 0.6 is 22.9 Å². The maximum Gasteiger partial charge on any atom is 0.406 e. The number of carbonyl (C=O) groups is 1. The van der Waals surface area contributed by atoms with Gasteiger partial charge in [0.25, 0.3) is 0 Å². The van der Waals surface area contributed by atoms with Crippen LogP contribution in [0.1, 0.15) is 23.4 Å². The van der Waals surface area contributed by atoms with E-state index in [0.717, 1.165) is 15.5 Å². The van der Waals surface area contributed by atoms with E-state index >= 15 is 0 Å². The second kappa shape index (κ2) is 7.79. The van der Waals surface area contributed by atoms with E-state index in [9.17, 15) is 18.0 Å². The van der Waals surface area contributed by atoms with Crippen LogP contribution in [0.2, 0.25) is 5.02 Å². The third-order valence-electron chi connectivity index (χ3n) is 3.93. The average molecular weight is 405 g/mol. The van der Waals surface area contributed by atoms with Gasteiger partial charge in [0.05, 0.1) is 0 Å². The summed E-state index contributed by atoms with van der Waals surface area (Å²) in [5.74, 6) is -0.553. The van der Waals surface area contributed by atoms with Gasteiger partial charge in [-0.05, 0) is 30.5 Å². The van der Waals surface area contributed by atoms with Crippen LogP contribution in [0, 0.1) is 0 Å². The first-order valence-electron chi connectivity index (χ1n) is 7.99. The summed E-state index contributed by atoms with van der Waals surface area (Å²) in [6.07, 6.45) is -2.85. The molecule has 26 heavy (non-hydrogen) atoms. The number of amides is 1. The number of hydrogen-bond donors (Lipinski definition) is 1. The van der Waals surface area contributed by atoms with E-state index < -0.39 is 24.7 Å². The molecule has 1 aliphatic rings. The zero-order chi connectivity index (χ0) is 18.7. The fraction of sp³-hybridized carbons (Fsp3) is 0.438. The van der Waals surface area contributed by atoms with Crippen LogP contribution in [-0.4, -0.2) is 46.3 Å². The van der Waals surface area contributed by atoms with Gasteiger partial charge in [-0.3, -0.25) is 4.79 Å². The third-order valence-corrected chi connectivity index (χ3v) is 5.04. The Labute approximate surface area is 157 Å². The van der Waals surface area contributed by atoms with Crippen LogP contribution in [0.15, 0.2) is 24.3 Å². The Bertz CT molecular complexity index is 766. The normalized spacial score (nSPS) is 18.2. The van der Waals surface area contributed by atoms with Crippen LogP contribution in [0.5, 0.6) is 0 Å². The zero-order valence-electron chi connectivity index (χ0n) is 13.6. The molecule has 1 aliphatic heterocycles. The molecule has 3 rings (SSSR count). The van der Waals surface area contributed by atoms with Crippen molar-refractivity contribution in [3.05, 3.63) is 39.9 Å². The molecule has 2 aromatic rings. The van der Waals surface area contributed by atoms with Gasteiger partial charge in [-0.2, -0.15) is 13.2 Å². The quantitative estimate of drug-likeness (QED) is 0.824. The number of alkyl halides is 3. The highest BCUT2D eigenvalue weighted by Crippen LogP contribution is 2.25. The van der Waals surface area contributed by atoms with E-state index in [0.29, 0.717) is 29.4 Å². The molecular weight excluding hydrogens is 389 g/mol. The van der Waals surface area contributed by atoms with Gasteiger partial charge in [0.2, 0.25) is 11.0 Å². The number of nitrogens with zero attached hydrogens (tertiary/aromatic N) is 3. The van der Waals surface area contributed by atoms with Gasteiger partial charge in [-0.1, -0.05) is 35.1 Å². The molecule has 0 bridgehead atoms. The molecular formula is C16H16ClF3N4OS. The molecule has 1 saturated heterocycles. The molecule has 1 aromatic carbocycles. The van der Waals surface area contributed by atoms with Gasteiger partial charge in [-0.15, -0.1) is 10.2 Å². The van der Waals surface area contributed by atoms with Crippen molar-refractivity contribution in [2.45, 2.75) is 31.5 Å². The van der Waals surface area contributed by atoms with E-state index in [1.54, 1.807) is 12.1 Å². The van der Waals surface area contributed by atoms with Crippen LogP contribution in [0.25, 0.3) is 0 Å². The summed E-state index contributed by atoms with van der Waals surface area (Å²) in [6.45, 7) is -1.10. The number of halogens is 4. The molecule has 5 nitrogen and oxygen atoms in total. The number of nitrogens with one attached hydrogen (secondary N) is 1. The molecule has 0 aliphatic carbocycles. The average Bonchev–Trinajstić information content (AvgIpc) is 2.99. The number of hydrogen-bond acceptors (Lipinski definition) is 5. The first kappa shape index (κ1) is 18.9. The van der Waals surface area contributed by atoms with Crippen molar-refractivity contribution in [2.24, 2.45) is 0 Å². The number of rotatable bonds is 5. The molecule has 1 fully saturated rings. The lowest BCUT2D eigenvalue weighted by Crippen LogP contribution is -2.50. The van der Waals surface area contributed by atoms with Crippen molar-refractivity contribution in [1.82, 2.24) is 15.1 Å². The van der Waals surface area contributed by atoms with E-state index in [2.05, 4.69) is 15.5 Å². The number of anilines is 1. The predicted octanol–water partition coefficient (Wildman–Crippen LogP) is 3.75. The number of benzene rings is 1. The topological polar surface area (TPSA) is 58.1 Å². The molecule has 2 heterocycles. The predicted molar refractivity (Wildman–Crippen MR) is 93.4 cm³/mol. The van der Waals surface area contributed by atoms with Gasteiger partial charge in [0.15, 0.2) is 0 Å². The monoisotopic (exact) mass is 404 g/mol. The molecule has 0 saturated carbocycles. The summed E-state index contributed by atoms with van der Waals surface area (Å²) < 4.78 is 37.7. The number of likely N-dealkylation sites (tertiary alicyclic amines) is 1. The molecule has 1 aromatic heterocycles. The molecule has 10 heteroatoms. The Morgan fingerprint density at radius 3 is 2.69 bits per heavy atom. The maximum absolute atomic E-state index is 12.6. The summed E-state index contributed by atoms with van der Waals surface area (Å²) in [5.41, 5.74) is 1.02. The Kier molecular flexibility index (Phi) is 5.67. The van der Waals surface area contributed by atoms with E-state index in [-0.39, 0.29) is 6.54 Å². The lowest BCUT2D eigenvalue weighted by atomic mass is 10.1. The summed E-state index contributed by atoms with van der Waals surface area (Å²) in [4.78, 5) is 13.1. The first-order chi connectivity index (χ1) is 12.3. The Morgan fingerprint density at radius 2 is 2.00 bits per heavy atom. The minimum absolute atomic E-state index is 0.120. The zero-order valence-corrected chi connectivity index (χ0v) is 15.2. The van der Waals surface area contributed by atoms with E-state index in [4.69, 9.17) is 11.6 Å². The van der Waals surface area contributed by atoms with Gasteiger partial charge < -0.3 is 10.2 Å². The second-order valence-corrected chi connectivity index (χ2v) is 7.52. The van der Waals surface area contributed by atoms with Crippen molar-refractivity contribution in [2.75, 3.05) is 18.4 Å². The molecule has 1 amide bonds. The Morgan fingerprint density at radius 1 is 1.27 bits per heavy atom.